The Labute approximate surface area is 133 Å². The van der Waals surface area contributed by atoms with Gasteiger partial charge in [-0.3, -0.25) is 20.1 Å². The first kappa shape index (κ1) is 14.9. The van der Waals surface area contributed by atoms with Gasteiger partial charge in [0.2, 0.25) is 0 Å². The Bertz CT molecular complexity index is 938. The molecule has 3 rings (SSSR count). The highest BCUT2D eigenvalue weighted by Crippen LogP contribution is 2.31. The first-order chi connectivity index (χ1) is 11.0. The zero-order valence-electron chi connectivity index (χ0n) is 11.4. The first-order valence-corrected chi connectivity index (χ1v) is 6.76. The highest BCUT2D eigenvalue weighted by atomic mass is 35.5. The fourth-order valence-electron chi connectivity index (χ4n) is 2.15. The van der Waals surface area contributed by atoms with E-state index in [1.54, 1.807) is 11.5 Å². The number of non-ortho nitro benzene ring substituents is 1. The lowest BCUT2D eigenvalue weighted by Crippen LogP contribution is -2.18. The lowest BCUT2D eigenvalue weighted by Gasteiger charge is -2.00. The summed E-state index contributed by atoms with van der Waals surface area (Å²) >= 11 is 6.09. The third-order valence-corrected chi connectivity index (χ3v) is 3.59. The zero-order valence-corrected chi connectivity index (χ0v) is 12.2. The van der Waals surface area contributed by atoms with Crippen LogP contribution in [0, 0.1) is 10.1 Å². The second-order valence-corrected chi connectivity index (χ2v) is 5.09. The van der Waals surface area contributed by atoms with Crippen molar-refractivity contribution in [3.05, 3.63) is 57.1 Å². The number of carbonyl (C=O) groups is 1. The minimum atomic E-state index is -0.656. The Balaban J connectivity index is 2.12. The lowest BCUT2D eigenvalue weighted by molar-refractivity contribution is -0.384. The number of nitrogens with zero attached hydrogens (tertiary/aromatic N) is 2. The Morgan fingerprint density at radius 2 is 2.09 bits per heavy atom. The number of hydrogen-bond donors (Lipinski definition) is 3. The van der Waals surface area contributed by atoms with Crippen molar-refractivity contribution in [2.75, 3.05) is 0 Å². The van der Waals surface area contributed by atoms with Crippen LogP contribution in [-0.2, 0) is 0 Å². The SMILES string of the molecule is O=C(NO)c1ccc2nc(-c3cc([N+](=O)[O-])ccc3Cl)[nH]c2c1. The predicted molar refractivity (Wildman–Crippen MR) is 82.4 cm³/mol. The van der Waals surface area contributed by atoms with Gasteiger partial charge in [0, 0.05) is 23.3 Å². The molecule has 0 aliphatic rings. The van der Waals surface area contributed by atoms with E-state index in [4.69, 9.17) is 16.8 Å². The maximum Gasteiger partial charge on any atom is 0.274 e. The maximum atomic E-state index is 11.4. The van der Waals surface area contributed by atoms with Crippen molar-refractivity contribution in [2.45, 2.75) is 0 Å². The third kappa shape index (κ3) is 2.72. The van der Waals surface area contributed by atoms with Crippen LogP contribution in [0.2, 0.25) is 5.02 Å². The van der Waals surface area contributed by atoms with Crippen LogP contribution in [0.25, 0.3) is 22.4 Å². The molecule has 9 heteroatoms. The van der Waals surface area contributed by atoms with Gasteiger partial charge in [0.15, 0.2) is 0 Å². The average molecular weight is 333 g/mol. The number of hydrogen-bond acceptors (Lipinski definition) is 5. The molecule has 8 nitrogen and oxygen atoms in total. The van der Waals surface area contributed by atoms with Gasteiger partial charge in [-0.1, -0.05) is 11.6 Å². The number of amides is 1. The summed E-state index contributed by atoms with van der Waals surface area (Å²) in [7, 11) is 0. The summed E-state index contributed by atoms with van der Waals surface area (Å²) in [6.07, 6.45) is 0. The number of carbonyl (C=O) groups excluding carboxylic acids is 1. The molecule has 0 saturated carbocycles. The standard InChI is InChI=1S/C14H9ClN4O4/c15-10-3-2-8(19(22)23)6-9(10)13-16-11-4-1-7(14(20)18-21)5-12(11)17-13/h1-6,21H,(H,16,17)(H,18,20). The van der Waals surface area contributed by atoms with Crippen molar-refractivity contribution < 1.29 is 14.9 Å². The predicted octanol–water partition coefficient (Wildman–Crippen LogP) is 2.91. The minimum absolute atomic E-state index is 0.106. The van der Waals surface area contributed by atoms with Crippen LogP contribution in [0.1, 0.15) is 10.4 Å². The van der Waals surface area contributed by atoms with E-state index in [9.17, 15) is 14.9 Å². The van der Waals surface area contributed by atoms with Crippen LogP contribution in [0.4, 0.5) is 5.69 Å². The molecule has 3 N–H and O–H groups in total. The number of nitrogens with one attached hydrogen (secondary N) is 2. The molecule has 1 heterocycles. The van der Waals surface area contributed by atoms with E-state index in [1.165, 1.54) is 30.3 Å². The Morgan fingerprint density at radius 1 is 1.30 bits per heavy atom. The molecule has 0 unspecified atom stereocenters. The molecule has 0 aliphatic heterocycles. The summed E-state index contributed by atoms with van der Waals surface area (Å²) in [5, 5.41) is 19.8. The number of rotatable bonds is 3. The summed E-state index contributed by atoms with van der Waals surface area (Å²) in [6.45, 7) is 0. The van der Waals surface area contributed by atoms with Gasteiger partial charge in [-0.15, -0.1) is 0 Å². The van der Waals surface area contributed by atoms with Gasteiger partial charge in [0.25, 0.3) is 11.6 Å². The number of hydroxylamine groups is 1. The van der Waals surface area contributed by atoms with Crippen molar-refractivity contribution in [3.63, 3.8) is 0 Å². The van der Waals surface area contributed by atoms with Crippen LogP contribution in [0.15, 0.2) is 36.4 Å². The summed E-state index contributed by atoms with van der Waals surface area (Å²) in [5.41, 5.74) is 3.14. The average Bonchev–Trinajstić information content (AvgIpc) is 2.96. The Morgan fingerprint density at radius 3 is 2.78 bits per heavy atom. The largest absolute Gasteiger partial charge is 0.338 e. The molecule has 1 aromatic heterocycles. The van der Waals surface area contributed by atoms with Gasteiger partial charge >= 0.3 is 0 Å². The van der Waals surface area contributed by atoms with E-state index in [0.29, 0.717) is 27.4 Å². The second-order valence-electron chi connectivity index (χ2n) is 4.68. The number of halogens is 1. The number of benzene rings is 2. The second kappa shape index (κ2) is 5.67. The van der Waals surface area contributed by atoms with Gasteiger partial charge in [-0.2, -0.15) is 0 Å². The Hall–Kier alpha value is -2.97. The molecule has 0 bridgehead atoms. The van der Waals surface area contributed by atoms with Gasteiger partial charge in [0.1, 0.15) is 5.82 Å². The number of H-pyrrole nitrogens is 1. The van der Waals surface area contributed by atoms with Crippen molar-refractivity contribution in [3.8, 4) is 11.4 Å². The van der Waals surface area contributed by atoms with Crippen LogP contribution in [-0.4, -0.2) is 26.0 Å². The molecule has 116 valence electrons. The summed E-state index contributed by atoms with van der Waals surface area (Å²) in [4.78, 5) is 29.1. The van der Waals surface area contributed by atoms with Crippen molar-refractivity contribution in [2.24, 2.45) is 0 Å². The third-order valence-electron chi connectivity index (χ3n) is 3.26. The molecule has 0 spiro atoms. The van der Waals surface area contributed by atoms with E-state index >= 15 is 0 Å². The molecule has 0 aliphatic carbocycles. The highest BCUT2D eigenvalue weighted by Gasteiger charge is 2.15. The quantitative estimate of drug-likeness (QED) is 0.387. The number of aromatic amines is 1. The molecule has 3 aromatic rings. The summed E-state index contributed by atoms with van der Waals surface area (Å²) < 4.78 is 0. The highest BCUT2D eigenvalue weighted by molar-refractivity contribution is 6.33. The van der Waals surface area contributed by atoms with Gasteiger partial charge < -0.3 is 4.98 Å². The van der Waals surface area contributed by atoms with Crippen LogP contribution < -0.4 is 5.48 Å². The van der Waals surface area contributed by atoms with Crippen LogP contribution in [0.3, 0.4) is 0 Å². The minimum Gasteiger partial charge on any atom is -0.338 e. The molecular weight excluding hydrogens is 324 g/mol. The van der Waals surface area contributed by atoms with Crippen molar-refractivity contribution in [1.82, 2.24) is 15.4 Å². The molecule has 0 saturated heterocycles. The monoisotopic (exact) mass is 332 g/mol. The van der Waals surface area contributed by atoms with E-state index in [2.05, 4.69) is 9.97 Å². The fraction of sp³-hybridized carbons (Fsp3) is 0. The summed E-state index contributed by atoms with van der Waals surface area (Å²) in [6, 6.07) is 8.63. The summed E-state index contributed by atoms with van der Waals surface area (Å²) in [5.74, 6) is -0.313. The van der Waals surface area contributed by atoms with E-state index in [1.807, 2.05) is 0 Å². The fourth-order valence-corrected chi connectivity index (χ4v) is 2.36. The number of imidazole rings is 1. The smallest absolute Gasteiger partial charge is 0.274 e. The number of aromatic nitrogens is 2. The first-order valence-electron chi connectivity index (χ1n) is 6.38. The maximum absolute atomic E-state index is 11.4. The van der Waals surface area contributed by atoms with E-state index in [-0.39, 0.29) is 11.3 Å². The molecular formula is C14H9ClN4O4. The molecule has 1 amide bonds. The molecule has 0 fully saturated rings. The van der Waals surface area contributed by atoms with Crippen LogP contribution in [0.5, 0.6) is 0 Å². The topological polar surface area (TPSA) is 121 Å². The normalized spacial score (nSPS) is 10.7. The van der Waals surface area contributed by atoms with Gasteiger partial charge in [-0.25, -0.2) is 10.5 Å². The van der Waals surface area contributed by atoms with Crippen molar-refractivity contribution >= 4 is 34.2 Å². The van der Waals surface area contributed by atoms with E-state index < -0.39 is 10.8 Å². The van der Waals surface area contributed by atoms with Crippen LogP contribution >= 0.6 is 11.6 Å². The zero-order chi connectivity index (χ0) is 16.6. The molecule has 0 radical (unpaired) electrons. The molecule has 2 aromatic carbocycles. The Kier molecular flexibility index (Phi) is 3.68. The lowest BCUT2D eigenvalue weighted by atomic mass is 10.2. The van der Waals surface area contributed by atoms with Gasteiger partial charge in [-0.05, 0) is 24.3 Å². The number of fused-ring (bicyclic) bond motifs is 1. The molecule has 23 heavy (non-hydrogen) atoms. The number of nitro groups is 1. The molecule has 0 atom stereocenters. The van der Waals surface area contributed by atoms with Crippen molar-refractivity contribution in [1.29, 1.82) is 0 Å². The number of nitro benzene ring substituents is 1. The van der Waals surface area contributed by atoms with Gasteiger partial charge in [0.05, 0.1) is 21.0 Å². The van der Waals surface area contributed by atoms with E-state index in [0.717, 1.165) is 0 Å².